The summed E-state index contributed by atoms with van der Waals surface area (Å²) in [6, 6.07) is 6.05. The number of nitrogens with one attached hydrogen (secondary N) is 2. The van der Waals surface area contributed by atoms with Crippen molar-refractivity contribution >= 4 is 0 Å². The molecule has 3 nitrogen and oxygen atoms in total. The molecule has 1 aliphatic heterocycles. The highest BCUT2D eigenvalue weighted by atomic mass is 16.3. The van der Waals surface area contributed by atoms with Gasteiger partial charge in [-0.05, 0) is 16.7 Å². The number of rotatable bonds is 4. The van der Waals surface area contributed by atoms with Crippen molar-refractivity contribution in [1.29, 1.82) is 0 Å². The van der Waals surface area contributed by atoms with Crippen LogP contribution < -0.4 is 10.6 Å². The lowest BCUT2D eigenvalue weighted by atomic mass is 10.0. The first kappa shape index (κ1) is 10.4. The molecule has 1 aliphatic rings. The van der Waals surface area contributed by atoms with Crippen molar-refractivity contribution < 1.29 is 5.11 Å². The Balaban J connectivity index is 2.20. The minimum absolute atomic E-state index is 0.599. The van der Waals surface area contributed by atoms with Gasteiger partial charge >= 0.3 is 0 Å². The van der Waals surface area contributed by atoms with Gasteiger partial charge in [0, 0.05) is 19.6 Å². The van der Waals surface area contributed by atoms with Gasteiger partial charge in [0.2, 0.25) is 0 Å². The van der Waals surface area contributed by atoms with Crippen molar-refractivity contribution in [1.82, 2.24) is 10.6 Å². The predicted molar refractivity (Wildman–Crippen MR) is 60.1 cm³/mol. The molecule has 0 bridgehead atoms. The van der Waals surface area contributed by atoms with Gasteiger partial charge in [-0.3, -0.25) is 5.32 Å². The third kappa shape index (κ3) is 2.09. The lowest BCUT2D eigenvalue weighted by Gasteiger charge is -2.15. The lowest BCUT2D eigenvalue weighted by Crippen LogP contribution is -2.22. The first-order valence-corrected chi connectivity index (χ1v) is 5.16. The molecule has 15 heavy (non-hydrogen) atoms. The molecule has 1 unspecified atom stereocenters. The van der Waals surface area contributed by atoms with Crippen molar-refractivity contribution in [2.45, 2.75) is 19.3 Å². The van der Waals surface area contributed by atoms with Crippen LogP contribution in [0.25, 0.3) is 0 Å². The summed E-state index contributed by atoms with van der Waals surface area (Å²) in [5, 5.41) is 16.2. The summed E-state index contributed by atoms with van der Waals surface area (Å²) in [5.41, 5.74) is 3.48. The van der Waals surface area contributed by atoms with E-state index in [0.717, 1.165) is 18.7 Å². The molecule has 80 valence electrons. The van der Waals surface area contributed by atoms with Crippen molar-refractivity contribution in [2.24, 2.45) is 0 Å². The predicted octanol–water partition coefficient (Wildman–Crippen LogP) is 1.06. The standard InChI is InChI=1S/C12H16N2O/c1-2-6-14-12(15)10-5-3-4-9-7-13-8-11(9)10/h2-5,12-15H,1,6-8H2. The largest absolute Gasteiger partial charge is 0.374 e. The van der Waals surface area contributed by atoms with E-state index in [-0.39, 0.29) is 0 Å². The van der Waals surface area contributed by atoms with Gasteiger partial charge in [-0.25, -0.2) is 0 Å². The van der Waals surface area contributed by atoms with E-state index in [1.165, 1.54) is 11.1 Å². The second kappa shape index (κ2) is 4.57. The maximum atomic E-state index is 9.93. The zero-order valence-corrected chi connectivity index (χ0v) is 8.66. The highest BCUT2D eigenvalue weighted by Gasteiger charge is 2.17. The third-order valence-electron chi connectivity index (χ3n) is 2.68. The summed E-state index contributed by atoms with van der Waals surface area (Å²) in [6.45, 7) is 5.97. The summed E-state index contributed by atoms with van der Waals surface area (Å²) >= 11 is 0. The summed E-state index contributed by atoms with van der Waals surface area (Å²) in [7, 11) is 0. The van der Waals surface area contributed by atoms with E-state index < -0.39 is 6.23 Å². The summed E-state index contributed by atoms with van der Waals surface area (Å²) in [6.07, 6.45) is 1.14. The normalized spacial score (nSPS) is 16.1. The fraction of sp³-hybridized carbons (Fsp3) is 0.333. The van der Waals surface area contributed by atoms with Crippen LogP contribution >= 0.6 is 0 Å². The number of hydrogen-bond donors (Lipinski definition) is 3. The Bertz CT molecular complexity index is 363. The molecule has 3 heteroatoms. The molecule has 1 heterocycles. The van der Waals surface area contributed by atoms with Crippen molar-refractivity contribution in [2.75, 3.05) is 6.54 Å². The average Bonchev–Trinajstić information content (AvgIpc) is 2.73. The quantitative estimate of drug-likeness (QED) is 0.507. The Morgan fingerprint density at radius 2 is 2.40 bits per heavy atom. The maximum Gasteiger partial charge on any atom is 0.131 e. The topological polar surface area (TPSA) is 44.3 Å². The highest BCUT2D eigenvalue weighted by Crippen LogP contribution is 2.23. The Labute approximate surface area is 89.8 Å². The van der Waals surface area contributed by atoms with E-state index in [1.807, 2.05) is 12.1 Å². The van der Waals surface area contributed by atoms with E-state index in [4.69, 9.17) is 0 Å². The summed E-state index contributed by atoms with van der Waals surface area (Å²) in [5.74, 6) is 0. The molecule has 1 aromatic carbocycles. The van der Waals surface area contributed by atoms with Crippen LogP contribution in [0.3, 0.4) is 0 Å². The van der Waals surface area contributed by atoms with E-state index in [0.29, 0.717) is 6.54 Å². The molecule has 0 spiro atoms. The van der Waals surface area contributed by atoms with Crippen LogP contribution in [0.5, 0.6) is 0 Å². The van der Waals surface area contributed by atoms with Gasteiger partial charge in [0.25, 0.3) is 0 Å². The fourth-order valence-electron chi connectivity index (χ4n) is 1.92. The second-order valence-corrected chi connectivity index (χ2v) is 3.69. The zero-order chi connectivity index (χ0) is 10.7. The average molecular weight is 204 g/mol. The van der Waals surface area contributed by atoms with Crippen molar-refractivity contribution in [3.8, 4) is 0 Å². The summed E-state index contributed by atoms with van der Waals surface area (Å²) < 4.78 is 0. The number of aliphatic hydroxyl groups excluding tert-OH is 1. The van der Waals surface area contributed by atoms with Gasteiger partial charge in [-0.1, -0.05) is 24.3 Å². The van der Waals surface area contributed by atoms with Crippen molar-refractivity contribution in [3.05, 3.63) is 47.5 Å². The maximum absolute atomic E-state index is 9.93. The number of fused-ring (bicyclic) bond motifs is 1. The highest BCUT2D eigenvalue weighted by molar-refractivity contribution is 5.38. The van der Waals surface area contributed by atoms with Crippen LogP contribution in [0.1, 0.15) is 22.9 Å². The Kier molecular flexibility index (Phi) is 3.16. The van der Waals surface area contributed by atoms with E-state index in [9.17, 15) is 5.11 Å². The minimum Gasteiger partial charge on any atom is -0.374 e. The molecule has 1 atom stereocenters. The monoisotopic (exact) mass is 204 g/mol. The van der Waals surface area contributed by atoms with Gasteiger partial charge < -0.3 is 10.4 Å². The molecule has 2 rings (SSSR count). The molecule has 3 N–H and O–H groups in total. The number of benzene rings is 1. The molecular weight excluding hydrogens is 188 g/mol. The molecule has 0 aliphatic carbocycles. The van der Waals surface area contributed by atoms with E-state index in [2.05, 4.69) is 23.3 Å². The van der Waals surface area contributed by atoms with Gasteiger partial charge in [-0.2, -0.15) is 0 Å². The lowest BCUT2D eigenvalue weighted by molar-refractivity contribution is 0.143. The van der Waals surface area contributed by atoms with Crippen LogP contribution in [0.2, 0.25) is 0 Å². The Hall–Kier alpha value is -1.16. The van der Waals surface area contributed by atoms with Crippen LogP contribution in [0.4, 0.5) is 0 Å². The first-order valence-electron chi connectivity index (χ1n) is 5.16. The molecule has 0 saturated carbocycles. The minimum atomic E-state index is -0.599. The summed E-state index contributed by atoms with van der Waals surface area (Å²) in [4.78, 5) is 0. The molecule has 0 fully saturated rings. The van der Waals surface area contributed by atoms with Crippen LogP contribution in [0, 0.1) is 0 Å². The van der Waals surface area contributed by atoms with Crippen molar-refractivity contribution in [3.63, 3.8) is 0 Å². The first-order chi connectivity index (χ1) is 7.33. The number of hydrogen-bond acceptors (Lipinski definition) is 3. The number of aliphatic hydroxyl groups is 1. The molecule has 1 aromatic rings. The molecule has 0 saturated heterocycles. The van der Waals surface area contributed by atoms with Crippen LogP contribution in [0.15, 0.2) is 30.9 Å². The molecule has 0 aromatic heterocycles. The Morgan fingerprint density at radius 3 is 3.20 bits per heavy atom. The molecule has 0 amide bonds. The second-order valence-electron chi connectivity index (χ2n) is 3.69. The zero-order valence-electron chi connectivity index (χ0n) is 8.66. The van der Waals surface area contributed by atoms with E-state index >= 15 is 0 Å². The molecular formula is C12H16N2O. The van der Waals surface area contributed by atoms with Gasteiger partial charge in [0.1, 0.15) is 6.23 Å². The molecule has 0 radical (unpaired) electrons. The fourth-order valence-corrected chi connectivity index (χ4v) is 1.92. The van der Waals surface area contributed by atoms with Gasteiger partial charge in [0.05, 0.1) is 0 Å². The van der Waals surface area contributed by atoms with Crippen LogP contribution in [-0.4, -0.2) is 11.7 Å². The SMILES string of the molecule is C=CCNC(O)c1cccc2c1CNC2. The van der Waals surface area contributed by atoms with Crippen LogP contribution in [-0.2, 0) is 13.1 Å². The third-order valence-corrected chi connectivity index (χ3v) is 2.68. The Morgan fingerprint density at radius 1 is 1.53 bits per heavy atom. The smallest absolute Gasteiger partial charge is 0.131 e. The van der Waals surface area contributed by atoms with E-state index in [1.54, 1.807) is 6.08 Å². The van der Waals surface area contributed by atoms with Gasteiger partial charge in [0.15, 0.2) is 0 Å². The van der Waals surface area contributed by atoms with Gasteiger partial charge in [-0.15, -0.1) is 6.58 Å².